The molecule has 4 rings (SSSR count). The second-order valence-electron chi connectivity index (χ2n) is 12.5. The highest BCUT2D eigenvalue weighted by atomic mass is 35.5. The van der Waals surface area contributed by atoms with Crippen LogP contribution in [0.3, 0.4) is 0 Å². The third kappa shape index (κ3) is 8.73. The molecule has 0 aliphatic heterocycles. The summed E-state index contributed by atoms with van der Waals surface area (Å²) in [7, 11) is 3.26. The molecule has 262 valence electrons. The molecule has 4 aromatic rings. The molecule has 0 unspecified atom stereocenters. The Kier molecular flexibility index (Phi) is 13.2. The van der Waals surface area contributed by atoms with Crippen LogP contribution in [0.4, 0.5) is 8.78 Å². The minimum Gasteiger partial charge on any atom is -0.495 e. The molecule has 1 aromatic heterocycles. The third-order valence-electron chi connectivity index (χ3n) is 8.59. The van der Waals surface area contributed by atoms with Gasteiger partial charge in [0, 0.05) is 47.5 Å². The summed E-state index contributed by atoms with van der Waals surface area (Å²) >= 11 is 14.1. The van der Waals surface area contributed by atoms with Gasteiger partial charge in [-0.1, -0.05) is 62.3 Å². The van der Waals surface area contributed by atoms with Crippen LogP contribution in [0.15, 0.2) is 70.8 Å². The molecule has 0 saturated heterocycles. The quantitative estimate of drug-likeness (QED) is 0.0955. The van der Waals surface area contributed by atoms with Crippen LogP contribution in [0.2, 0.25) is 10.0 Å². The summed E-state index contributed by atoms with van der Waals surface area (Å²) in [5.74, 6) is -0.516. The minimum absolute atomic E-state index is 0. The van der Waals surface area contributed by atoms with Crippen LogP contribution in [-0.4, -0.2) is 74.6 Å². The van der Waals surface area contributed by atoms with Crippen molar-refractivity contribution in [2.24, 2.45) is 0 Å². The Bertz CT molecular complexity index is 1810. The molecule has 0 saturated carbocycles. The minimum atomic E-state index is -3.95. The van der Waals surface area contributed by atoms with E-state index in [4.69, 9.17) is 27.9 Å². The van der Waals surface area contributed by atoms with Gasteiger partial charge < -0.3 is 9.22 Å². The maximum atomic E-state index is 15.6. The van der Waals surface area contributed by atoms with Crippen molar-refractivity contribution < 1.29 is 26.4 Å². The fourth-order valence-corrected chi connectivity index (χ4v) is 7.99. The molecule has 13 heteroatoms. The topological polar surface area (TPSA) is 64.4 Å². The van der Waals surface area contributed by atoms with Gasteiger partial charge in [-0.15, -0.1) is 0 Å². The van der Waals surface area contributed by atoms with E-state index >= 15 is 4.39 Å². The molecule has 0 radical (unpaired) electrons. The van der Waals surface area contributed by atoms with E-state index < -0.39 is 21.3 Å². The highest BCUT2D eigenvalue weighted by molar-refractivity contribution is 7.98. The molecule has 0 aliphatic rings. The van der Waals surface area contributed by atoms with Crippen molar-refractivity contribution in [3.63, 3.8) is 0 Å². The molecule has 1 heterocycles. The van der Waals surface area contributed by atoms with E-state index in [-0.39, 0.29) is 34.5 Å². The number of hydrogen-bond donors (Lipinski definition) is 0. The summed E-state index contributed by atoms with van der Waals surface area (Å²) in [5.41, 5.74) is 1.88. The van der Waals surface area contributed by atoms with Crippen molar-refractivity contribution >= 4 is 45.0 Å². The monoisotopic (exact) mass is 741 g/mol. The van der Waals surface area contributed by atoms with Gasteiger partial charge in [-0.3, -0.25) is 4.57 Å². The van der Waals surface area contributed by atoms with Gasteiger partial charge in [-0.05, 0) is 61.0 Å². The number of quaternary nitrogens is 1. The van der Waals surface area contributed by atoms with Crippen LogP contribution >= 0.6 is 35.0 Å². The molecule has 48 heavy (non-hydrogen) atoms. The van der Waals surface area contributed by atoms with Crippen molar-refractivity contribution in [1.82, 2.24) is 13.9 Å². The van der Waals surface area contributed by atoms with Crippen LogP contribution in [-0.2, 0) is 21.2 Å². The molecule has 0 bridgehead atoms. The zero-order chi connectivity index (χ0) is 34.7. The first kappa shape index (κ1) is 39.8. The van der Waals surface area contributed by atoms with Crippen molar-refractivity contribution in [2.75, 3.05) is 47.9 Å². The van der Waals surface area contributed by atoms with Crippen LogP contribution in [0.1, 0.15) is 51.4 Å². The summed E-state index contributed by atoms with van der Waals surface area (Å²) < 4.78 is 65.4. The number of methoxy groups -OCH3 is 1. The van der Waals surface area contributed by atoms with Gasteiger partial charge in [-0.2, -0.15) is 0 Å². The predicted molar refractivity (Wildman–Crippen MR) is 193 cm³/mol. The first-order valence-electron chi connectivity index (χ1n) is 15.1. The molecule has 0 spiro atoms. The summed E-state index contributed by atoms with van der Waals surface area (Å²) in [4.78, 5) is 4.48. The largest absolute Gasteiger partial charge is 0.495 e. The number of hydrogen-bond acceptors (Lipinski definition) is 5. The maximum absolute atomic E-state index is 15.6. The molecule has 0 fully saturated rings. The van der Waals surface area contributed by atoms with Gasteiger partial charge in [-0.25, -0.2) is 26.5 Å². The number of nitrogens with zero attached hydrogens (tertiary/aromatic N) is 4. The Balaban J connectivity index is 0.00000625. The molecule has 0 amide bonds. The fourth-order valence-electron chi connectivity index (χ4n) is 5.10. The maximum Gasteiger partial charge on any atom is 0.242 e. The van der Waals surface area contributed by atoms with Gasteiger partial charge in [0.2, 0.25) is 10.0 Å². The van der Waals surface area contributed by atoms with E-state index in [1.807, 2.05) is 30.5 Å². The van der Waals surface area contributed by atoms with E-state index in [9.17, 15) is 12.8 Å². The van der Waals surface area contributed by atoms with E-state index in [0.717, 1.165) is 34.9 Å². The van der Waals surface area contributed by atoms with Crippen LogP contribution in [0.25, 0.3) is 5.69 Å². The molecule has 3 aromatic carbocycles. The fraction of sp³-hybridized carbons (Fsp3) is 0.400. The SMILES string of the molecule is C.CC[N+](C)(C)CCCN(C)S(=O)(=O)c1cc(F)c(CSc2ncc(C(C)(C)c3ccc(Cl)c(OC)c3)n2-c2ccc(F)cc2)c(Cl)c1. The molecular formula is C35H45Cl2F2N4O3S2+. The normalized spacial score (nSPS) is 12.3. The number of rotatable bonds is 14. The van der Waals surface area contributed by atoms with Crippen molar-refractivity contribution in [3.8, 4) is 11.4 Å². The Morgan fingerprint density at radius 2 is 1.71 bits per heavy atom. The van der Waals surface area contributed by atoms with Crippen LogP contribution in [0, 0.1) is 11.6 Å². The van der Waals surface area contributed by atoms with E-state index in [0.29, 0.717) is 34.6 Å². The van der Waals surface area contributed by atoms with E-state index in [2.05, 4.69) is 26.0 Å². The zero-order valence-electron chi connectivity index (χ0n) is 27.7. The second-order valence-corrected chi connectivity index (χ2v) is 16.3. The summed E-state index contributed by atoms with van der Waals surface area (Å²) in [5, 5.41) is 0.998. The summed E-state index contributed by atoms with van der Waals surface area (Å²) in [6.07, 6.45) is 2.39. The van der Waals surface area contributed by atoms with E-state index in [1.165, 1.54) is 41.3 Å². The smallest absolute Gasteiger partial charge is 0.242 e. The standard InChI is InChI=1S/C34H41Cl2F2N4O3S2.CH4/c1-8-42(5,6)17-9-16-40(4)47(43,44)26-19-29(36)27(30(38)20-26)22-46-33-39-21-32(41(33)25-13-11-24(37)12-14-25)34(2,3)23-10-15-28(35)31(18-23)45-7;/h10-15,18-21H,8-9,16-17,22H2,1-7H3;1H4/q+1;. The summed E-state index contributed by atoms with van der Waals surface area (Å²) in [6.45, 7) is 8.17. The first-order chi connectivity index (χ1) is 22.0. The Morgan fingerprint density at radius 3 is 2.31 bits per heavy atom. The number of sulfonamides is 1. The zero-order valence-corrected chi connectivity index (χ0v) is 30.8. The average molecular weight is 743 g/mol. The molecule has 7 nitrogen and oxygen atoms in total. The second kappa shape index (κ2) is 15.9. The van der Waals surface area contributed by atoms with Crippen molar-refractivity contribution in [2.45, 2.75) is 55.8 Å². The number of benzene rings is 3. The summed E-state index contributed by atoms with van der Waals surface area (Å²) in [6, 6.07) is 13.9. The Hall–Kier alpha value is -2.67. The first-order valence-corrected chi connectivity index (χ1v) is 18.3. The van der Waals surface area contributed by atoms with Crippen molar-refractivity contribution in [1.29, 1.82) is 0 Å². The molecular weight excluding hydrogens is 697 g/mol. The highest BCUT2D eigenvalue weighted by Gasteiger charge is 2.31. The molecule has 0 N–H and O–H groups in total. The lowest BCUT2D eigenvalue weighted by molar-refractivity contribution is -0.888. The Morgan fingerprint density at radius 1 is 1.04 bits per heavy atom. The lowest BCUT2D eigenvalue weighted by Crippen LogP contribution is -2.41. The highest BCUT2D eigenvalue weighted by Crippen LogP contribution is 2.40. The number of ether oxygens (including phenoxy) is 1. The molecule has 0 aliphatic carbocycles. The van der Waals surface area contributed by atoms with Crippen molar-refractivity contribution in [3.05, 3.63) is 99.3 Å². The number of halogens is 4. The van der Waals surface area contributed by atoms with Gasteiger partial charge in [0.15, 0.2) is 5.16 Å². The van der Waals surface area contributed by atoms with E-state index in [1.54, 1.807) is 31.5 Å². The predicted octanol–water partition coefficient (Wildman–Crippen LogP) is 8.83. The number of thioether (sulfide) groups is 1. The molecule has 0 atom stereocenters. The average Bonchev–Trinajstić information content (AvgIpc) is 3.45. The lowest BCUT2D eigenvalue weighted by Gasteiger charge is -2.29. The van der Waals surface area contributed by atoms with Gasteiger partial charge in [0.1, 0.15) is 17.4 Å². The van der Waals surface area contributed by atoms with Gasteiger partial charge in [0.25, 0.3) is 0 Å². The lowest BCUT2D eigenvalue weighted by atomic mass is 9.81. The third-order valence-corrected chi connectivity index (χ3v) is 12.1. The van der Waals surface area contributed by atoms with Gasteiger partial charge in [0.05, 0.1) is 56.1 Å². The number of imidazole rings is 1. The van der Waals surface area contributed by atoms with Gasteiger partial charge >= 0.3 is 0 Å². The van der Waals surface area contributed by atoms with Crippen LogP contribution in [0.5, 0.6) is 5.75 Å². The Labute approximate surface area is 298 Å². The number of aromatic nitrogens is 2. The van der Waals surface area contributed by atoms with Crippen LogP contribution < -0.4 is 4.74 Å².